The van der Waals surface area contributed by atoms with Gasteiger partial charge in [-0.3, -0.25) is 9.78 Å². The van der Waals surface area contributed by atoms with E-state index in [0.29, 0.717) is 11.5 Å². The Morgan fingerprint density at radius 1 is 1.22 bits per heavy atom. The summed E-state index contributed by atoms with van der Waals surface area (Å²) in [7, 11) is 1.75. The summed E-state index contributed by atoms with van der Waals surface area (Å²) < 4.78 is 0. The number of nitrogens with one attached hydrogen (secondary N) is 2. The van der Waals surface area contributed by atoms with Crippen LogP contribution in [0.2, 0.25) is 0 Å². The first-order valence-corrected chi connectivity index (χ1v) is 6.43. The van der Waals surface area contributed by atoms with Gasteiger partial charge in [-0.05, 0) is 19.3 Å². The topological polar surface area (TPSA) is 66.9 Å². The van der Waals surface area contributed by atoms with E-state index in [2.05, 4.69) is 41.4 Å². The molecule has 100 valence electrons. The van der Waals surface area contributed by atoms with Crippen LogP contribution in [0.25, 0.3) is 0 Å². The van der Waals surface area contributed by atoms with E-state index in [1.165, 1.54) is 6.20 Å². The number of anilines is 1. The fourth-order valence-electron chi connectivity index (χ4n) is 1.92. The maximum atomic E-state index is 12.2. The second kappa shape index (κ2) is 6.33. The quantitative estimate of drug-likeness (QED) is 0.812. The molecule has 0 saturated carbocycles. The van der Waals surface area contributed by atoms with Gasteiger partial charge in [0, 0.05) is 12.6 Å². The molecule has 1 aromatic rings. The van der Waals surface area contributed by atoms with E-state index in [4.69, 9.17) is 0 Å². The molecule has 5 nitrogen and oxygen atoms in total. The van der Waals surface area contributed by atoms with Crippen LogP contribution in [0.5, 0.6) is 0 Å². The molecule has 1 rings (SSSR count). The lowest BCUT2D eigenvalue weighted by Crippen LogP contribution is -2.47. The normalized spacial score (nSPS) is 11.1. The van der Waals surface area contributed by atoms with Gasteiger partial charge in [-0.15, -0.1) is 0 Å². The van der Waals surface area contributed by atoms with Gasteiger partial charge in [-0.2, -0.15) is 0 Å². The Morgan fingerprint density at radius 3 is 2.33 bits per heavy atom. The van der Waals surface area contributed by atoms with E-state index < -0.39 is 0 Å². The molecule has 0 radical (unpaired) electrons. The van der Waals surface area contributed by atoms with Crippen molar-refractivity contribution in [1.29, 1.82) is 0 Å². The molecule has 0 aliphatic heterocycles. The summed E-state index contributed by atoms with van der Waals surface area (Å²) in [5.41, 5.74) is 0.204. The Morgan fingerprint density at radius 2 is 1.83 bits per heavy atom. The van der Waals surface area contributed by atoms with E-state index in [9.17, 15) is 4.79 Å². The largest absolute Gasteiger partial charge is 0.372 e. The van der Waals surface area contributed by atoms with E-state index in [1.54, 1.807) is 13.2 Å². The molecule has 1 heterocycles. The summed E-state index contributed by atoms with van der Waals surface area (Å²) in [6.07, 6.45) is 5.80. The third-order valence-corrected chi connectivity index (χ3v) is 3.53. The molecule has 1 amide bonds. The Hall–Kier alpha value is -1.65. The molecular formula is C13H22N4O. The molecule has 5 heteroatoms. The standard InChI is InChI=1S/C13H22N4O/c1-5-13(6-2,7-3)17-12(18)10-8-15-9-11(14-4)16-10/h8-9H,5-7H2,1-4H3,(H,14,16)(H,17,18). The van der Waals surface area contributed by atoms with Gasteiger partial charge in [-0.1, -0.05) is 20.8 Å². The van der Waals surface area contributed by atoms with Crippen LogP contribution in [0, 0.1) is 0 Å². The fraction of sp³-hybridized carbons (Fsp3) is 0.615. The highest BCUT2D eigenvalue weighted by molar-refractivity contribution is 5.92. The van der Waals surface area contributed by atoms with Gasteiger partial charge >= 0.3 is 0 Å². The maximum absolute atomic E-state index is 12.2. The highest BCUT2D eigenvalue weighted by Crippen LogP contribution is 2.19. The molecule has 18 heavy (non-hydrogen) atoms. The predicted molar refractivity (Wildman–Crippen MR) is 72.6 cm³/mol. The molecule has 0 saturated heterocycles. The zero-order valence-electron chi connectivity index (χ0n) is 11.6. The molecular weight excluding hydrogens is 228 g/mol. The molecule has 0 atom stereocenters. The summed E-state index contributed by atoms with van der Waals surface area (Å²) in [6.45, 7) is 6.26. The summed E-state index contributed by atoms with van der Waals surface area (Å²) >= 11 is 0. The minimum Gasteiger partial charge on any atom is -0.372 e. The second-order valence-corrected chi connectivity index (χ2v) is 4.33. The molecule has 0 unspecified atom stereocenters. The number of carbonyl (C=O) groups is 1. The lowest BCUT2D eigenvalue weighted by molar-refractivity contribution is 0.0882. The molecule has 2 N–H and O–H groups in total. The van der Waals surface area contributed by atoms with Gasteiger partial charge in [0.2, 0.25) is 0 Å². The molecule has 0 aliphatic carbocycles. The third-order valence-electron chi connectivity index (χ3n) is 3.53. The Balaban J connectivity index is 2.86. The van der Waals surface area contributed by atoms with E-state index in [-0.39, 0.29) is 11.4 Å². The van der Waals surface area contributed by atoms with Crippen LogP contribution in [0.4, 0.5) is 5.82 Å². The fourth-order valence-corrected chi connectivity index (χ4v) is 1.92. The number of aromatic nitrogens is 2. The summed E-state index contributed by atoms with van der Waals surface area (Å²) in [4.78, 5) is 20.4. The van der Waals surface area contributed by atoms with Gasteiger partial charge in [0.1, 0.15) is 11.5 Å². The monoisotopic (exact) mass is 250 g/mol. The van der Waals surface area contributed by atoms with Crippen molar-refractivity contribution in [1.82, 2.24) is 15.3 Å². The molecule has 0 aromatic carbocycles. The first-order valence-electron chi connectivity index (χ1n) is 6.43. The Labute approximate surface area is 108 Å². The highest BCUT2D eigenvalue weighted by Gasteiger charge is 2.26. The highest BCUT2D eigenvalue weighted by atomic mass is 16.2. The van der Waals surface area contributed by atoms with Gasteiger partial charge in [-0.25, -0.2) is 4.98 Å². The number of nitrogens with zero attached hydrogens (tertiary/aromatic N) is 2. The van der Waals surface area contributed by atoms with Crippen molar-refractivity contribution in [3.05, 3.63) is 18.1 Å². The first-order chi connectivity index (χ1) is 8.60. The molecule has 0 spiro atoms. The number of rotatable bonds is 6. The van der Waals surface area contributed by atoms with Gasteiger partial charge < -0.3 is 10.6 Å². The third kappa shape index (κ3) is 3.18. The average molecular weight is 250 g/mol. The van der Waals surface area contributed by atoms with Crippen LogP contribution in [0.3, 0.4) is 0 Å². The van der Waals surface area contributed by atoms with Crippen LogP contribution < -0.4 is 10.6 Å². The lowest BCUT2D eigenvalue weighted by atomic mass is 9.89. The van der Waals surface area contributed by atoms with Crippen molar-refractivity contribution in [3.63, 3.8) is 0 Å². The van der Waals surface area contributed by atoms with Gasteiger partial charge in [0.05, 0.1) is 12.4 Å². The first kappa shape index (κ1) is 14.4. The van der Waals surface area contributed by atoms with Crippen LogP contribution in [-0.2, 0) is 0 Å². The summed E-state index contributed by atoms with van der Waals surface area (Å²) in [5.74, 6) is 0.433. The SMILES string of the molecule is CCC(CC)(CC)NC(=O)c1cncc(NC)n1. The average Bonchev–Trinajstić information content (AvgIpc) is 2.44. The van der Waals surface area contributed by atoms with Crippen molar-refractivity contribution in [2.24, 2.45) is 0 Å². The van der Waals surface area contributed by atoms with Crippen molar-refractivity contribution in [3.8, 4) is 0 Å². The van der Waals surface area contributed by atoms with Crippen molar-refractivity contribution in [2.75, 3.05) is 12.4 Å². The molecule has 1 aromatic heterocycles. The minimum absolute atomic E-state index is 0.144. The number of hydrogen-bond donors (Lipinski definition) is 2. The van der Waals surface area contributed by atoms with Crippen molar-refractivity contribution < 1.29 is 4.79 Å². The van der Waals surface area contributed by atoms with Crippen molar-refractivity contribution >= 4 is 11.7 Å². The zero-order valence-corrected chi connectivity index (χ0v) is 11.6. The van der Waals surface area contributed by atoms with E-state index >= 15 is 0 Å². The van der Waals surface area contributed by atoms with Gasteiger partial charge in [0.25, 0.3) is 5.91 Å². The van der Waals surface area contributed by atoms with E-state index in [1.807, 2.05) is 0 Å². The number of carbonyl (C=O) groups excluding carboxylic acids is 1. The summed E-state index contributed by atoms with van der Waals surface area (Å²) in [5, 5.41) is 5.95. The minimum atomic E-state index is -0.162. The molecule has 0 bridgehead atoms. The van der Waals surface area contributed by atoms with Gasteiger partial charge in [0.15, 0.2) is 0 Å². The lowest BCUT2D eigenvalue weighted by Gasteiger charge is -2.31. The predicted octanol–water partition coefficient (Wildman–Crippen LogP) is 2.22. The smallest absolute Gasteiger partial charge is 0.272 e. The van der Waals surface area contributed by atoms with Crippen LogP contribution in [0.15, 0.2) is 12.4 Å². The maximum Gasteiger partial charge on any atom is 0.272 e. The molecule has 0 aliphatic rings. The number of amides is 1. The Bertz CT molecular complexity index is 393. The second-order valence-electron chi connectivity index (χ2n) is 4.33. The van der Waals surface area contributed by atoms with Crippen LogP contribution in [0.1, 0.15) is 50.5 Å². The van der Waals surface area contributed by atoms with Crippen LogP contribution in [-0.4, -0.2) is 28.5 Å². The van der Waals surface area contributed by atoms with Crippen LogP contribution >= 0.6 is 0 Å². The Kier molecular flexibility index (Phi) is 5.07. The number of hydrogen-bond acceptors (Lipinski definition) is 4. The van der Waals surface area contributed by atoms with E-state index in [0.717, 1.165) is 19.3 Å². The zero-order chi connectivity index (χ0) is 13.6. The van der Waals surface area contributed by atoms with Crippen molar-refractivity contribution in [2.45, 2.75) is 45.6 Å². The molecule has 0 fully saturated rings. The summed E-state index contributed by atoms with van der Waals surface area (Å²) in [6, 6.07) is 0.